The standard InChI is InChI=1S/C13H10FNO3/c1-15-7-8(6-11(15)13(17)18)12(16)9-4-2-3-5-10(9)14/h2-7H,1H3,(H,17,18). The van der Waals surface area contributed by atoms with Gasteiger partial charge in [-0.05, 0) is 18.2 Å². The number of carbonyl (C=O) groups excluding carboxylic acids is 1. The number of benzene rings is 1. The number of carboxylic acid groups (broad SMARTS) is 1. The van der Waals surface area contributed by atoms with Gasteiger partial charge in [0.1, 0.15) is 11.5 Å². The Morgan fingerprint density at radius 1 is 1.28 bits per heavy atom. The van der Waals surface area contributed by atoms with E-state index in [4.69, 9.17) is 5.11 Å². The van der Waals surface area contributed by atoms with Gasteiger partial charge in [0.2, 0.25) is 0 Å². The van der Waals surface area contributed by atoms with Gasteiger partial charge in [-0.15, -0.1) is 0 Å². The summed E-state index contributed by atoms with van der Waals surface area (Å²) in [6.45, 7) is 0. The van der Waals surface area contributed by atoms with Crippen LogP contribution in [0.3, 0.4) is 0 Å². The minimum absolute atomic E-state index is 0.0188. The minimum Gasteiger partial charge on any atom is -0.477 e. The minimum atomic E-state index is -1.13. The van der Waals surface area contributed by atoms with Gasteiger partial charge in [0.15, 0.2) is 5.78 Å². The SMILES string of the molecule is Cn1cc(C(=O)c2ccccc2F)cc1C(=O)O. The predicted molar refractivity (Wildman–Crippen MR) is 62.2 cm³/mol. The van der Waals surface area contributed by atoms with Crippen molar-refractivity contribution in [3.05, 3.63) is 59.2 Å². The van der Waals surface area contributed by atoms with Crippen LogP contribution in [0.1, 0.15) is 26.4 Å². The molecule has 0 fully saturated rings. The first kappa shape index (κ1) is 12.0. The molecule has 0 saturated heterocycles. The van der Waals surface area contributed by atoms with E-state index in [2.05, 4.69) is 0 Å². The molecule has 0 radical (unpaired) electrons. The zero-order valence-electron chi connectivity index (χ0n) is 9.55. The summed E-state index contributed by atoms with van der Waals surface area (Å²) in [6, 6.07) is 6.83. The fourth-order valence-corrected chi connectivity index (χ4v) is 1.70. The highest BCUT2D eigenvalue weighted by molar-refractivity contribution is 6.10. The first-order valence-electron chi connectivity index (χ1n) is 5.19. The van der Waals surface area contributed by atoms with Crippen LogP contribution in [0.15, 0.2) is 36.5 Å². The first-order chi connectivity index (χ1) is 8.50. The lowest BCUT2D eigenvalue weighted by molar-refractivity contribution is 0.0686. The molecule has 0 atom stereocenters. The van der Waals surface area contributed by atoms with Crippen molar-refractivity contribution < 1.29 is 19.1 Å². The second kappa shape index (κ2) is 4.44. The maximum Gasteiger partial charge on any atom is 0.352 e. The number of aryl methyl sites for hydroxylation is 1. The van der Waals surface area contributed by atoms with Crippen LogP contribution >= 0.6 is 0 Å². The van der Waals surface area contributed by atoms with Crippen LogP contribution in [0.25, 0.3) is 0 Å². The molecule has 18 heavy (non-hydrogen) atoms. The van der Waals surface area contributed by atoms with E-state index in [1.165, 1.54) is 42.1 Å². The van der Waals surface area contributed by atoms with Gasteiger partial charge in [-0.2, -0.15) is 0 Å². The number of halogens is 1. The van der Waals surface area contributed by atoms with Crippen LogP contribution in [-0.4, -0.2) is 21.4 Å². The highest BCUT2D eigenvalue weighted by Crippen LogP contribution is 2.15. The summed E-state index contributed by atoms with van der Waals surface area (Å²) < 4.78 is 14.8. The molecule has 4 nitrogen and oxygen atoms in total. The van der Waals surface area contributed by atoms with E-state index in [9.17, 15) is 14.0 Å². The Labute approximate surface area is 102 Å². The molecule has 1 N–H and O–H groups in total. The molecule has 1 aromatic heterocycles. The lowest BCUT2D eigenvalue weighted by Gasteiger charge is -1.99. The number of carboxylic acids is 1. The highest BCUT2D eigenvalue weighted by atomic mass is 19.1. The largest absolute Gasteiger partial charge is 0.477 e. The smallest absolute Gasteiger partial charge is 0.352 e. The third-order valence-corrected chi connectivity index (χ3v) is 2.60. The fourth-order valence-electron chi connectivity index (χ4n) is 1.70. The number of aromatic nitrogens is 1. The molecule has 0 aliphatic rings. The number of rotatable bonds is 3. The highest BCUT2D eigenvalue weighted by Gasteiger charge is 2.18. The fraction of sp³-hybridized carbons (Fsp3) is 0.0769. The summed E-state index contributed by atoms with van der Waals surface area (Å²) >= 11 is 0. The summed E-state index contributed by atoms with van der Waals surface area (Å²) in [5, 5.41) is 8.88. The third-order valence-electron chi connectivity index (χ3n) is 2.60. The monoisotopic (exact) mass is 247 g/mol. The van der Waals surface area contributed by atoms with Gasteiger partial charge in [-0.1, -0.05) is 12.1 Å². The zero-order valence-corrected chi connectivity index (χ0v) is 9.55. The van der Waals surface area contributed by atoms with E-state index < -0.39 is 17.6 Å². The molecule has 1 heterocycles. The van der Waals surface area contributed by atoms with Crippen LogP contribution in [0.4, 0.5) is 4.39 Å². The van der Waals surface area contributed by atoms with Crippen molar-refractivity contribution in [2.75, 3.05) is 0 Å². The topological polar surface area (TPSA) is 59.3 Å². The summed E-state index contributed by atoms with van der Waals surface area (Å²) in [6.07, 6.45) is 1.37. The quantitative estimate of drug-likeness (QED) is 0.845. The summed E-state index contributed by atoms with van der Waals surface area (Å²) in [4.78, 5) is 22.9. The van der Waals surface area contributed by atoms with E-state index in [-0.39, 0.29) is 16.8 Å². The molecule has 92 valence electrons. The van der Waals surface area contributed by atoms with Crippen LogP contribution in [0, 0.1) is 5.82 Å². The van der Waals surface area contributed by atoms with Gasteiger partial charge in [-0.25, -0.2) is 9.18 Å². The number of hydrogen-bond acceptors (Lipinski definition) is 2. The molecular formula is C13H10FNO3. The lowest BCUT2D eigenvalue weighted by atomic mass is 10.1. The number of nitrogens with zero attached hydrogens (tertiary/aromatic N) is 1. The second-order valence-corrected chi connectivity index (χ2v) is 3.84. The third kappa shape index (κ3) is 2.02. The molecule has 2 rings (SSSR count). The molecule has 0 saturated carbocycles. The Morgan fingerprint density at radius 3 is 2.50 bits per heavy atom. The Balaban J connectivity index is 2.44. The summed E-state index contributed by atoms with van der Waals surface area (Å²) in [5.41, 5.74) is 0.0646. The average molecular weight is 247 g/mol. The normalized spacial score (nSPS) is 10.3. The summed E-state index contributed by atoms with van der Waals surface area (Å²) in [7, 11) is 1.52. The van der Waals surface area contributed by atoms with Crippen molar-refractivity contribution in [1.82, 2.24) is 4.57 Å². The predicted octanol–water partition coefficient (Wildman–Crippen LogP) is 2.09. The Kier molecular flexibility index (Phi) is 2.97. The van der Waals surface area contributed by atoms with E-state index in [0.29, 0.717) is 0 Å². The molecule has 1 aromatic carbocycles. The number of aromatic carboxylic acids is 1. The molecule has 5 heteroatoms. The van der Waals surface area contributed by atoms with Crippen LogP contribution in [0.5, 0.6) is 0 Å². The lowest BCUT2D eigenvalue weighted by Crippen LogP contribution is -2.02. The zero-order chi connectivity index (χ0) is 13.3. The van der Waals surface area contributed by atoms with Gasteiger partial charge in [0.25, 0.3) is 0 Å². The van der Waals surface area contributed by atoms with Crippen LogP contribution < -0.4 is 0 Å². The molecule has 0 amide bonds. The summed E-state index contributed by atoms with van der Waals surface area (Å²) in [5.74, 6) is -2.29. The van der Waals surface area contributed by atoms with E-state index in [1.807, 2.05) is 0 Å². The van der Waals surface area contributed by atoms with Crippen molar-refractivity contribution in [2.45, 2.75) is 0 Å². The average Bonchev–Trinajstić information content (AvgIpc) is 2.71. The molecule has 0 spiro atoms. The van der Waals surface area contributed by atoms with Crippen molar-refractivity contribution in [1.29, 1.82) is 0 Å². The van der Waals surface area contributed by atoms with Gasteiger partial charge < -0.3 is 9.67 Å². The van der Waals surface area contributed by atoms with E-state index >= 15 is 0 Å². The van der Waals surface area contributed by atoms with E-state index in [0.717, 1.165) is 0 Å². The van der Waals surface area contributed by atoms with Crippen molar-refractivity contribution in [3.8, 4) is 0 Å². The van der Waals surface area contributed by atoms with Gasteiger partial charge in [0, 0.05) is 18.8 Å². The van der Waals surface area contributed by atoms with Crippen molar-refractivity contribution in [2.24, 2.45) is 7.05 Å². The van der Waals surface area contributed by atoms with Gasteiger partial charge in [0.05, 0.1) is 5.56 Å². The number of carbonyl (C=O) groups is 2. The number of hydrogen-bond donors (Lipinski definition) is 1. The Morgan fingerprint density at radius 2 is 1.94 bits per heavy atom. The molecular weight excluding hydrogens is 237 g/mol. The number of ketones is 1. The molecule has 0 unspecified atom stereocenters. The second-order valence-electron chi connectivity index (χ2n) is 3.84. The first-order valence-corrected chi connectivity index (χ1v) is 5.19. The van der Waals surface area contributed by atoms with Crippen molar-refractivity contribution >= 4 is 11.8 Å². The Hall–Kier alpha value is -2.43. The Bertz CT molecular complexity index is 631. The van der Waals surface area contributed by atoms with Crippen LogP contribution in [-0.2, 0) is 7.05 Å². The van der Waals surface area contributed by atoms with E-state index in [1.54, 1.807) is 6.07 Å². The molecule has 0 aliphatic carbocycles. The van der Waals surface area contributed by atoms with Crippen molar-refractivity contribution in [3.63, 3.8) is 0 Å². The van der Waals surface area contributed by atoms with Gasteiger partial charge in [-0.3, -0.25) is 4.79 Å². The van der Waals surface area contributed by atoms with Gasteiger partial charge >= 0.3 is 5.97 Å². The van der Waals surface area contributed by atoms with Crippen LogP contribution in [0.2, 0.25) is 0 Å². The molecule has 2 aromatic rings. The maximum atomic E-state index is 13.4. The molecule has 0 bridgehead atoms. The molecule has 0 aliphatic heterocycles. The maximum absolute atomic E-state index is 13.4.